The van der Waals surface area contributed by atoms with Gasteiger partial charge in [-0.05, 0) is 37.3 Å². The van der Waals surface area contributed by atoms with Crippen LogP contribution >= 0.6 is 0 Å². The van der Waals surface area contributed by atoms with Gasteiger partial charge in [0.2, 0.25) is 0 Å². The van der Waals surface area contributed by atoms with Gasteiger partial charge < -0.3 is 10.1 Å². The maximum atomic E-state index is 13.4. The molecule has 3 rings (SSSR count). The second kappa shape index (κ2) is 5.56. The predicted molar refractivity (Wildman–Crippen MR) is 77.9 cm³/mol. The zero-order valence-corrected chi connectivity index (χ0v) is 11.7. The number of carbonyl (C=O) groups excluding carboxylic acids is 1. The van der Waals surface area contributed by atoms with Gasteiger partial charge in [-0.2, -0.15) is 0 Å². The number of hydrogen-bond acceptors (Lipinski definition) is 2. The van der Waals surface area contributed by atoms with E-state index in [0.29, 0.717) is 29.9 Å². The fourth-order valence-corrected chi connectivity index (χ4v) is 2.46. The molecule has 0 saturated carbocycles. The molecule has 108 valence electrons. The second-order valence-corrected chi connectivity index (χ2v) is 5.21. The lowest BCUT2D eigenvalue weighted by Crippen LogP contribution is -2.32. The van der Waals surface area contributed by atoms with Gasteiger partial charge in [-0.25, -0.2) is 4.39 Å². The molecule has 0 bridgehead atoms. The van der Waals surface area contributed by atoms with E-state index >= 15 is 0 Å². The van der Waals surface area contributed by atoms with Crippen molar-refractivity contribution in [3.63, 3.8) is 0 Å². The van der Waals surface area contributed by atoms with Gasteiger partial charge in [0.1, 0.15) is 11.6 Å². The predicted octanol–water partition coefficient (Wildman–Crippen LogP) is 3.39. The van der Waals surface area contributed by atoms with E-state index in [9.17, 15) is 9.18 Å². The van der Waals surface area contributed by atoms with Crippen LogP contribution in [0.15, 0.2) is 42.5 Å². The van der Waals surface area contributed by atoms with E-state index in [0.717, 1.165) is 5.56 Å². The lowest BCUT2D eigenvalue weighted by molar-refractivity contribution is 0.0924. The molecule has 2 aromatic rings. The highest BCUT2D eigenvalue weighted by Crippen LogP contribution is 2.32. The summed E-state index contributed by atoms with van der Waals surface area (Å²) in [6, 6.07) is 11.5. The molecule has 21 heavy (non-hydrogen) atoms. The van der Waals surface area contributed by atoms with Crippen molar-refractivity contribution >= 4 is 5.91 Å². The smallest absolute Gasteiger partial charge is 0.251 e. The van der Waals surface area contributed by atoms with Crippen LogP contribution in [-0.2, 0) is 0 Å². The lowest BCUT2D eigenvalue weighted by atomic mass is 10.00. The molecular formula is C17H16FNO2. The summed E-state index contributed by atoms with van der Waals surface area (Å²) in [5.41, 5.74) is 2.40. The minimum absolute atomic E-state index is 0.155. The third-order valence-electron chi connectivity index (χ3n) is 3.63. The molecule has 3 nitrogen and oxygen atoms in total. The summed E-state index contributed by atoms with van der Waals surface area (Å²) < 4.78 is 18.9. The van der Waals surface area contributed by atoms with Crippen LogP contribution in [-0.4, -0.2) is 12.5 Å². The Labute approximate surface area is 122 Å². The fourth-order valence-electron chi connectivity index (χ4n) is 2.46. The van der Waals surface area contributed by atoms with Gasteiger partial charge in [-0.3, -0.25) is 4.79 Å². The summed E-state index contributed by atoms with van der Waals surface area (Å²) in [6.07, 6.45) is 0.633. The highest BCUT2D eigenvalue weighted by Gasteiger charge is 2.24. The average molecular weight is 285 g/mol. The Balaban J connectivity index is 1.81. The first kappa shape index (κ1) is 13.6. The third kappa shape index (κ3) is 2.89. The molecule has 1 amide bonds. The Bertz CT molecular complexity index is 667. The monoisotopic (exact) mass is 285 g/mol. The minimum Gasteiger partial charge on any atom is -0.493 e. The molecule has 0 aromatic heterocycles. The van der Waals surface area contributed by atoms with Crippen molar-refractivity contribution in [2.24, 2.45) is 0 Å². The van der Waals surface area contributed by atoms with E-state index < -0.39 is 0 Å². The minimum atomic E-state index is -0.325. The summed E-state index contributed by atoms with van der Waals surface area (Å²) in [5.74, 6) is 0.155. The van der Waals surface area contributed by atoms with Crippen molar-refractivity contribution in [2.45, 2.75) is 19.4 Å². The van der Waals surface area contributed by atoms with Crippen LogP contribution in [0.4, 0.5) is 4.39 Å². The summed E-state index contributed by atoms with van der Waals surface area (Å²) >= 11 is 0. The van der Waals surface area contributed by atoms with Crippen LogP contribution < -0.4 is 10.1 Å². The Morgan fingerprint density at radius 3 is 2.76 bits per heavy atom. The summed E-state index contributed by atoms with van der Waals surface area (Å²) in [6.45, 7) is 2.48. The molecule has 4 heteroatoms. The highest BCUT2D eigenvalue weighted by molar-refractivity contribution is 5.94. The van der Waals surface area contributed by atoms with E-state index in [-0.39, 0.29) is 17.8 Å². The molecule has 1 N–H and O–H groups in total. The first-order valence-corrected chi connectivity index (χ1v) is 6.93. The number of benzene rings is 2. The molecule has 0 radical (unpaired) electrons. The quantitative estimate of drug-likeness (QED) is 0.918. The van der Waals surface area contributed by atoms with Crippen LogP contribution in [0, 0.1) is 12.7 Å². The van der Waals surface area contributed by atoms with Gasteiger partial charge in [0, 0.05) is 17.5 Å². The maximum absolute atomic E-state index is 13.4. The molecule has 2 aromatic carbocycles. The Morgan fingerprint density at radius 2 is 2.00 bits per heavy atom. The van der Waals surface area contributed by atoms with Gasteiger partial charge in [0.15, 0.2) is 0 Å². The average Bonchev–Trinajstić information content (AvgIpc) is 2.48. The number of halogens is 1. The number of ether oxygens (including phenoxy) is 1. The van der Waals surface area contributed by atoms with Crippen molar-refractivity contribution < 1.29 is 13.9 Å². The highest BCUT2D eigenvalue weighted by atomic mass is 19.1. The zero-order valence-electron chi connectivity index (χ0n) is 11.7. The number of carbonyl (C=O) groups is 1. The molecule has 1 aliphatic heterocycles. The zero-order chi connectivity index (χ0) is 14.8. The van der Waals surface area contributed by atoms with Gasteiger partial charge in [-0.1, -0.05) is 17.7 Å². The summed E-state index contributed by atoms with van der Waals surface area (Å²) in [5, 5.41) is 2.95. The Morgan fingerprint density at radius 1 is 1.24 bits per heavy atom. The van der Waals surface area contributed by atoms with Crippen LogP contribution in [0.5, 0.6) is 5.75 Å². The van der Waals surface area contributed by atoms with Crippen molar-refractivity contribution in [1.29, 1.82) is 0 Å². The molecular weight excluding hydrogens is 269 g/mol. The molecule has 0 spiro atoms. The number of amides is 1. The van der Waals surface area contributed by atoms with E-state index in [4.69, 9.17) is 4.74 Å². The number of aryl methyl sites for hydroxylation is 1. The lowest BCUT2D eigenvalue weighted by Gasteiger charge is -2.26. The first-order chi connectivity index (χ1) is 10.1. The molecule has 0 aliphatic carbocycles. The Hall–Kier alpha value is -2.36. The van der Waals surface area contributed by atoms with Crippen molar-refractivity contribution in [2.75, 3.05) is 6.61 Å². The van der Waals surface area contributed by atoms with E-state index in [1.807, 2.05) is 19.1 Å². The summed E-state index contributed by atoms with van der Waals surface area (Å²) in [7, 11) is 0. The van der Waals surface area contributed by atoms with Crippen LogP contribution in [0.3, 0.4) is 0 Å². The standard InChI is InChI=1S/C17H16FNO2/c1-11-2-4-12(5-3-11)17(20)19-15-8-9-21-16-7-6-13(18)10-14(15)16/h2-7,10,15H,8-9H2,1H3,(H,19,20). The largest absolute Gasteiger partial charge is 0.493 e. The Kier molecular flexibility index (Phi) is 3.60. The number of rotatable bonds is 2. The second-order valence-electron chi connectivity index (χ2n) is 5.21. The van der Waals surface area contributed by atoms with Gasteiger partial charge in [0.25, 0.3) is 5.91 Å². The maximum Gasteiger partial charge on any atom is 0.251 e. The fraction of sp³-hybridized carbons (Fsp3) is 0.235. The van der Waals surface area contributed by atoms with Crippen LogP contribution in [0.2, 0.25) is 0 Å². The van der Waals surface area contributed by atoms with E-state index in [1.165, 1.54) is 12.1 Å². The number of hydrogen-bond donors (Lipinski definition) is 1. The third-order valence-corrected chi connectivity index (χ3v) is 3.63. The van der Waals surface area contributed by atoms with Gasteiger partial charge in [-0.15, -0.1) is 0 Å². The van der Waals surface area contributed by atoms with Crippen molar-refractivity contribution in [1.82, 2.24) is 5.32 Å². The number of nitrogens with one attached hydrogen (secondary N) is 1. The molecule has 1 heterocycles. The molecule has 0 saturated heterocycles. The van der Waals surface area contributed by atoms with Crippen LogP contribution in [0.25, 0.3) is 0 Å². The summed E-state index contributed by atoms with van der Waals surface area (Å²) in [4.78, 5) is 12.3. The van der Waals surface area contributed by atoms with Crippen molar-refractivity contribution in [3.05, 3.63) is 65.0 Å². The van der Waals surface area contributed by atoms with Crippen molar-refractivity contribution in [3.8, 4) is 5.75 Å². The van der Waals surface area contributed by atoms with Crippen LogP contribution in [0.1, 0.15) is 33.9 Å². The van der Waals surface area contributed by atoms with Gasteiger partial charge >= 0.3 is 0 Å². The van der Waals surface area contributed by atoms with E-state index in [1.54, 1.807) is 18.2 Å². The molecule has 1 atom stereocenters. The first-order valence-electron chi connectivity index (χ1n) is 6.93. The number of fused-ring (bicyclic) bond motifs is 1. The SMILES string of the molecule is Cc1ccc(C(=O)NC2CCOc3ccc(F)cc32)cc1. The van der Waals surface area contributed by atoms with Gasteiger partial charge in [0.05, 0.1) is 12.6 Å². The molecule has 1 aliphatic rings. The van der Waals surface area contributed by atoms with E-state index in [2.05, 4.69) is 5.32 Å². The molecule has 1 unspecified atom stereocenters. The molecule has 0 fully saturated rings. The topological polar surface area (TPSA) is 38.3 Å². The normalized spacial score (nSPS) is 16.8.